The highest BCUT2D eigenvalue weighted by atomic mass is 32.2. The number of sulfonamides is 1. The first-order chi connectivity index (χ1) is 10.1. The van der Waals surface area contributed by atoms with Crippen molar-refractivity contribution in [3.8, 4) is 0 Å². The van der Waals surface area contributed by atoms with Crippen LogP contribution in [0, 0.1) is 0 Å². The second kappa shape index (κ2) is 7.22. The van der Waals surface area contributed by atoms with Crippen molar-refractivity contribution in [2.24, 2.45) is 0 Å². The van der Waals surface area contributed by atoms with Crippen LogP contribution in [0.5, 0.6) is 0 Å². The average Bonchev–Trinajstić information content (AvgIpc) is 3.15. The van der Waals surface area contributed by atoms with E-state index in [0.717, 1.165) is 18.8 Å². The molecule has 0 bridgehead atoms. The molecule has 0 radical (unpaired) electrons. The summed E-state index contributed by atoms with van der Waals surface area (Å²) in [6.45, 7) is 6.03. The average molecular weight is 328 g/mol. The fraction of sp³-hybridized carbons (Fsp3) is 0.429. The maximum Gasteiger partial charge on any atom is 0.250 e. The predicted octanol–water partition coefficient (Wildman–Crippen LogP) is 2.70. The summed E-state index contributed by atoms with van der Waals surface area (Å²) in [5.74, 6) is 0.771. The predicted molar refractivity (Wildman–Crippen MR) is 83.9 cm³/mol. The Morgan fingerprint density at radius 3 is 2.57 bits per heavy atom. The highest BCUT2D eigenvalue weighted by Gasteiger charge is 2.24. The first-order valence-corrected chi connectivity index (χ1v) is 9.25. The molecule has 0 aliphatic carbocycles. The second-order valence-corrected chi connectivity index (χ2v) is 7.48. The summed E-state index contributed by atoms with van der Waals surface area (Å²) < 4.78 is 32.9. The number of likely N-dealkylation sites (N-methyl/N-ethyl adjacent to an activating group) is 1. The fourth-order valence-corrected chi connectivity index (χ4v) is 4.31. The number of nitrogens with zero attached hydrogens (tertiary/aromatic N) is 1. The molecule has 0 aliphatic heterocycles. The standard InChI is InChI=1S/C14H20N2O3S2/c1-3-16(4-2)12(13-7-5-9-19-13)11-15-21(17,18)14-8-6-10-20-14/h5-10,12,15H,3-4,11H2,1-2H3. The van der Waals surface area contributed by atoms with E-state index in [1.165, 1.54) is 11.3 Å². The van der Waals surface area contributed by atoms with Crippen LogP contribution in [0.3, 0.4) is 0 Å². The molecule has 1 N–H and O–H groups in total. The maximum atomic E-state index is 12.2. The molecular weight excluding hydrogens is 308 g/mol. The number of hydrogen-bond acceptors (Lipinski definition) is 5. The Morgan fingerprint density at radius 2 is 2.05 bits per heavy atom. The van der Waals surface area contributed by atoms with Crippen molar-refractivity contribution in [1.29, 1.82) is 0 Å². The summed E-state index contributed by atoms with van der Waals surface area (Å²) in [5.41, 5.74) is 0. The van der Waals surface area contributed by atoms with Crippen molar-refractivity contribution in [3.05, 3.63) is 41.7 Å². The summed E-state index contributed by atoms with van der Waals surface area (Å²) in [6, 6.07) is 6.92. The van der Waals surface area contributed by atoms with Crippen LogP contribution in [-0.4, -0.2) is 33.0 Å². The highest BCUT2D eigenvalue weighted by molar-refractivity contribution is 7.91. The molecule has 2 heterocycles. The van der Waals surface area contributed by atoms with E-state index in [1.54, 1.807) is 23.8 Å². The van der Waals surface area contributed by atoms with Gasteiger partial charge < -0.3 is 4.42 Å². The number of thiophene rings is 1. The van der Waals surface area contributed by atoms with Gasteiger partial charge in [-0.2, -0.15) is 0 Å². The van der Waals surface area contributed by atoms with E-state index >= 15 is 0 Å². The van der Waals surface area contributed by atoms with Gasteiger partial charge in [0.25, 0.3) is 0 Å². The van der Waals surface area contributed by atoms with Gasteiger partial charge in [-0.15, -0.1) is 11.3 Å². The van der Waals surface area contributed by atoms with Crippen molar-refractivity contribution in [3.63, 3.8) is 0 Å². The van der Waals surface area contributed by atoms with Gasteiger partial charge in [0.1, 0.15) is 9.97 Å². The summed E-state index contributed by atoms with van der Waals surface area (Å²) in [7, 11) is -3.45. The quantitative estimate of drug-likeness (QED) is 0.809. The normalized spacial score (nSPS) is 13.7. The minimum atomic E-state index is -3.45. The lowest BCUT2D eigenvalue weighted by Gasteiger charge is -2.28. The SMILES string of the molecule is CCN(CC)C(CNS(=O)(=O)c1cccs1)c1ccco1. The van der Waals surface area contributed by atoms with E-state index in [4.69, 9.17) is 4.42 Å². The third kappa shape index (κ3) is 3.94. The van der Waals surface area contributed by atoms with Gasteiger partial charge >= 0.3 is 0 Å². The molecule has 2 aromatic rings. The van der Waals surface area contributed by atoms with E-state index < -0.39 is 10.0 Å². The summed E-state index contributed by atoms with van der Waals surface area (Å²) >= 11 is 1.21. The van der Waals surface area contributed by atoms with Crippen molar-refractivity contribution >= 4 is 21.4 Å². The Hall–Kier alpha value is -1.15. The maximum absolute atomic E-state index is 12.2. The molecule has 0 spiro atoms. The Bertz CT molecular complexity index is 617. The van der Waals surface area contributed by atoms with Gasteiger partial charge in [-0.1, -0.05) is 19.9 Å². The molecule has 1 unspecified atom stereocenters. The smallest absolute Gasteiger partial charge is 0.250 e. The molecular formula is C14H20N2O3S2. The van der Waals surface area contributed by atoms with Crippen LogP contribution in [-0.2, 0) is 10.0 Å². The number of hydrogen-bond donors (Lipinski definition) is 1. The van der Waals surface area contributed by atoms with Crippen LogP contribution in [0.2, 0.25) is 0 Å². The molecule has 116 valence electrons. The highest BCUT2D eigenvalue weighted by Crippen LogP contribution is 2.22. The minimum absolute atomic E-state index is 0.107. The van der Waals surface area contributed by atoms with Gasteiger partial charge in [0.2, 0.25) is 10.0 Å². The van der Waals surface area contributed by atoms with E-state index in [0.29, 0.717) is 4.21 Å². The molecule has 0 saturated heterocycles. The van der Waals surface area contributed by atoms with Crippen LogP contribution in [0.1, 0.15) is 25.6 Å². The Labute approximate surface area is 129 Å². The van der Waals surface area contributed by atoms with E-state index in [-0.39, 0.29) is 12.6 Å². The van der Waals surface area contributed by atoms with Gasteiger partial charge in [0, 0.05) is 6.54 Å². The van der Waals surface area contributed by atoms with Gasteiger partial charge in [-0.05, 0) is 36.7 Å². The third-order valence-corrected chi connectivity index (χ3v) is 6.17. The molecule has 0 aromatic carbocycles. The largest absolute Gasteiger partial charge is 0.468 e. The van der Waals surface area contributed by atoms with Crippen LogP contribution < -0.4 is 4.72 Å². The summed E-state index contributed by atoms with van der Waals surface area (Å²) in [6.07, 6.45) is 1.61. The number of nitrogens with one attached hydrogen (secondary N) is 1. The molecule has 0 aliphatic rings. The van der Waals surface area contributed by atoms with E-state index in [9.17, 15) is 8.42 Å². The Morgan fingerprint density at radius 1 is 1.29 bits per heavy atom. The zero-order chi connectivity index (χ0) is 15.3. The zero-order valence-electron chi connectivity index (χ0n) is 12.2. The summed E-state index contributed by atoms with van der Waals surface area (Å²) in [5, 5.41) is 1.75. The van der Waals surface area contributed by atoms with Crippen LogP contribution in [0.15, 0.2) is 44.5 Å². The van der Waals surface area contributed by atoms with E-state index in [1.807, 2.05) is 26.0 Å². The van der Waals surface area contributed by atoms with Crippen molar-refractivity contribution in [2.75, 3.05) is 19.6 Å². The molecule has 21 heavy (non-hydrogen) atoms. The Kier molecular flexibility index (Phi) is 5.58. The minimum Gasteiger partial charge on any atom is -0.468 e. The zero-order valence-corrected chi connectivity index (χ0v) is 13.8. The lowest BCUT2D eigenvalue weighted by Crippen LogP contribution is -2.37. The first-order valence-electron chi connectivity index (χ1n) is 6.89. The lowest BCUT2D eigenvalue weighted by molar-refractivity contribution is 0.194. The monoisotopic (exact) mass is 328 g/mol. The van der Waals surface area contributed by atoms with Crippen LogP contribution >= 0.6 is 11.3 Å². The van der Waals surface area contributed by atoms with Crippen molar-refractivity contribution in [1.82, 2.24) is 9.62 Å². The molecule has 7 heteroatoms. The van der Waals surface area contributed by atoms with Gasteiger partial charge in [0.05, 0.1) is 12.3 Å². The molecule has 1 atom stereocenters. The fourth-order valence-electron chi connectivity index (χ4n) is 2.23. The molecule has 0 saturated carbocycles. The molecule has 5 nitrogen and oxygen atoms in total. The van der Waals surface area contributed by atoms with Gasteiger partial charge in [0.15, 0.2) is 0 Å². The summed E-state index contributed by atoms with van der Waals surface area (Å²) in [4.78, 5) is 2.16. The molecule has 0 amide bonds. The van der Waals surface area contributed by atoms with Gasteiger partial charge in [-0.25, -0.2) is 13.1 Å². The topological polar surface area (TPSA) is 62.6 Å². The number of furan rings is 1. The number of rotatable bonds is 8. The van der Waals surface area contributed by atoms with E-state index in [2.05, 4.69) is 9.62 Å². The first kappa shape index (κ1) is 16.2. The molecule has 2 aromatic heterocycles. The van der Waals surface area contributed by atoms with Crippen molar-refractivity contribution < 1.29 is 12.8 Å². The lowest BCUT2D eigenvalue weighted by atomic mass is 10.2. The molecule has 2 rings (SSSR count). The second-order valence-electron chi connectivity index (χ2n) is 4.54. The third-order valence-electron chi connectivity index (χ3n) is 3.35. The van der Waals surface area contributed by atoms with Gasteiger partial charge in [-0.3, -0.25) is 4.90 Å². The van der Waals surface area contributed by atoms with Crippen LogP contribution in [0.25, 0.3) is 0 Å². The Balaban J connectivity index is 2.13. The molecule has 0 fully saturated rings. The van der Waals surface area contributed by atoms with Crippen LogP contribution in [0.4, 0.5) is 0 Å². The van der Waals surface area contributed by atoms with Crippen molar-refractivity contribution in [2.45, 2.75) is 24.1 Å².